The fourth-order valence-corrected chi connectivity index (χ4v) is 5.27. The number of fused-ring (bicyclic) bond motifs is 2. The van der Waals surface area contributed by atoms with E-state index in [1.54, 1.807) is 12.1 Å². The summed E-state index contributed by atoms with van der Waals surface area (Å²) in [6.45, 7) is 19.8. The van der Waals surface area contributed by atoms with Gasteiger partial charge in [-0.05, 0) is 108 Å². The van der Waals surface area contributed by atoms with E-state index in [0.717, 1.165) is 22.3 Å². The Labute approximate surface area is 186 Å². The molecule has 1 fully saturated rings. The Bertz CT molecular complexity index is 1110. The van der Waals surface area contributed by atoms with Crippen molar-refractivity contribution in [1.29, 1.82) is 0 Å². The molecule has 1 unspecified atom stereocenters. The molecule has 0 aliphatic heterocycles. The number of carboxylic acids is 1. The topological polar surface area (TPSA) is 37.3 Å². The summed E-state index contributed by atoms with van der Waals surface area (Å²) in [6, 6.07) is 10.2. The van der Waals surface area contributed by atoms with Crippen molar-refractivity contribution in [1.82, 2.24) is 0 Å². The molecule has 1 spiro atoms. The number of hydrogen-bond donors (Lipinski definition) is 1. The van der Waals surface area contributed by atoms with Crippen molar-refractivity contribution < 1.29 is 9.90 Å². The van der Waals surface area contributed by atoms with Crippen molar-refractivity contribution in [3.8, 4) is 0 Å². The fourth-order valence-electron chi connectivity index (χ4n) is 5.27. The summed E-state index contributed by atoms with van der Waals surface area (Å²) < 4.78 is 0. The van der Waals surface area contributed by atoms with Crippen molar-refractivity contribution >= 4 is 11.5 Å². The van der Waals surface area contributed by atoms with Crippen molar-refractivity contribution in [3.05, 3.63) is 88.0 Å². The van der Waals surface area contributed by atoms with Crippen LogP contribution in [0.5, 0.6) is 0 Å². The van der Waals surface area contributed by atoms with Gasteiger partial charge in [0.25, 0.3) is 0 Å². The summed E-state index contributed by atoms with van der Waals surface area (Å²) >= 11 is 0. The van der Waals surface area contributed by atoms with Crippen LogP contribution in [-0.4, -0.2) is 11.1 Å². The summed E-state index contributed by atoms with van der Waals surface area (Å²) in [4.78, 5) is 11.4. The van der Waals surface area contributed by atoms with Gasteiger partial charge in [-0.15, -0.1) is 0 Å². The molecule has 1 saturated carbocycles. The first kappa shape index (κ1) is 21.6. The number of allylic oxidation sites excluding steroid dienone is 1. The molecule has 0 aromatic heterocycles. The van der Waals surface area contributed by atoms with Crippen LogP contribution >= 0.6 is 0 Å². The summed E-state index contributed by atoms with van der Waals surface area (Å²) in [7, 11) is 0. The number of benzene rings is 2. The Hall–Kier alpha value is -2.61. The van der Waals surface area contributed by atoms with E-state index in [9.17, 15) is 9.90 Å². The fraction of sp³-hybridized carbons (Fsp3) is 0.414. The molecule has 0 heterocycles. The van der Waals surface area contributed by atoms with E-state index < -0.39 is 5.97 Å². The van der Waals surface area contributed by atoms with Gasteiger partial charge in [0.1, 0.15) is 0 Å². The van der Waals surface area contributed by atoms with Gasteiger partial charge in [-0.1, -0.05) is 51.6 Å². The third-order valence-electron chi connectivity index (χ3n) is 7.90. The van der Waals surface area contributed by atoms with Gasteiger partial charge in [-0.25, -0.2) is 4.79 Å². The highest BCUT2D eigenvalue weighted by atomic mass is 16.4. The first-order valence-electron chi connectivity index (χ1n) is 11.3. The summed E-state index contributed by atoms with van der Waals surface area (Å²) in [6.07, 6.45) is 5.06. The zero-order chi connectivity index (χ0) is 22.7. The maximum absolute atomic E-state index is 11.4. The molecule has 2 aromatic carbocycles. The third kappa shape index (κ3) is 3.56. The van der Waals surface area contributed by atoms with Gasteiger partial charge >= 0.3 is 5.97 Å². The first-order chi connectivity index (χ1) is 14.5. The van der Waals surface area contributed by atoms with E-state index in [1.807, 2.05) is 13.0 Å². The van der Waals surface area contributed by atoms with Gasteiger partial charge in [-0.2, -0.15) is 0 Å². The number of aromatic carboxylic acids is 1. The van der Waals surface area contributed by atoms with Crippen LogP contribution in [0.3, 0.4) is 0 Å². The third-order valence-corrected chi connectivity index (χ3v) is 7.90. The SMILES string of the molecule is C=C(c1ccc(C(=O)O)cc1C)c1cc2c(cc1C(C)C(=C)C)C(C)(C)CCC21CC1. The number of rotatable bonds is 5. The molecule has 4 rings (SSSR count). The molecule has 2 heteroatoms. The number of carbonyl (C=O) groups is 1. The van der Waals surface area contributed by atoms with Crippen molar-refractivity contribution in [2.45, 2.75) is 77.0 Å². The highest BCUT2D eigenvalue weighted by Gasteiger charge is 2.50. The number of carboxylic acid groups (broad SMARTS) is 1. The van der Waals surface area contributed by atoms with Crippen LogP contribution in [0.1, 0.15) is 103 Å². The minimum atomic E-state index is -0.899. The van der Waals surface area contributed by atoms with Gasteiger partial charge < -0.3 is 5.11 Å². The molecule has 0 saturated heterocycles. The van der Waals surface area contributed by atoms with E-state index in [2.05, 4.69) is 53.0 Å². The second-order valence-corrected chi connectivity index (χ2v) is 10.5. The van der Waals surface area contributed by atoms with Crippen LogP contribution < -0.4 is 0 Å². The Balaban J connectivity index is 1.92. The smallest absolute Gasteiger partial charge is 0.335 e. The van der Waals surface area contributed by atoms with Crippen molar-refractivity contribution in [2.75, 3.05) is 0 Å². The van der Waals surface area contributed by atoms with Crippen LogP contribution in [0, 0.1) is 6.92 Å². The molecule has 31 heavy (non-hydrogen) atoms. The molecule has 1 N–H and O–H groups in total. The zero-order valence-electron chi connectivity index (χ0n) is 19.6. The Morgan fingerprint density at radius 1 is 1.00 bits per heavy atom. The van der Waals surface area contributed by atoms with Crippen molar-refractivity contribution in [2.24, 2.45) is 0 Å². The first-order valence-corrected chi connectivity index (χ1v) is 11.3. The van der Waals surface area contributed by atoms with E-state index in [-0.39, 0.29) is 11.3 Å². The predicted molar refractivity (Wildman–Crippen MR) is 129 cm³/mol. The van der Waals surface area contributed by atoms with E-state index in [1.165, 1.54) is 47.9 Å². The van der Waals surface area contributed by atoms with Crippen LogP contribution in [0.25, 0.3) is 5.57 Å². The highest BCUT2D eigenvalue weighted by molar-refractivity contribution is 5.90. The molecule has 2 aliphatic carbocycles. The van der Waals surface area contributed by atoms with E-state index >= 15 is 0 Å². The summed E-state index contributed by atoms with van der Waals surface area (Å²) in [5, 5.41) is 9.35. The lowest BCUT2D eigenvalue weighted by Gasteiger charge is -2.39. The average Bonchev–Trinajstić information content (AvgIpc) is 3.50. The van der Waals surface area contributed by atoms with Gasteiger partial charge in [0, 0.05) is 5.92 Å². The maximum atomic E-state index is 11.4. The normalized spacial score (nSPS) is 18.9. The molecule has 0 bridgehead atoms. The lowest BCUT2D eigenvalue weighted by molar-refractivity contribution is 0.0696. The predicted octanol–water partition coefficient (Wildman–Crippen LogP) is 7.54. The quantitative estimate of drug-likeness (QED) is 0.513. The monoisotopic (exact) mass is 414 g/mol. The number of hydrogen-bond acceptors (Lipinski definition) is 1. The molecular formula is C29H34O2. The average molecular weight is 415 g/mol. The molecule has 2 aliphatic rings. The van der Waals surface area contributed by atoms with Crippen LogP contribution in [-0.2, 0) is 10.8 Å². The second kappa shape index (κ2) is 7.22. The summed E-state index contributed by atoms with van der Waals surface area (Å²) in [5.74, 6) is -0.674. The lowest BCUT2D eigenvalue weighted by Crippen LogP contribution is -2.30. The zero-order valence-corrected chi connectivity index (χ0v) is 19.6. The van der Waals surface area contributed by atoms with Crippen LogP contribution in [0.15, 0.2) is 49.1 Å². The lowest BCUT2D eigenvalue weighted by atomic mass is 9.65. The van der Waals surface area contributed by atoms with Gasteiger partial charge in [0.2, 0.25) is 0 Å². The minimum Gasteiger partial charge on any atom is -0.478 e. The standard InChI is InChI=1S/C29H34O2/c1-17(2)19(4)23-15-25-26(29(12-13-29)11-10-28(25,6)7)16-24(23)20(5)22-9-8-21(27(30)31)14-18(22)3/h8-9,14-16,19H,1,5,10-13H2,2-4,6-7H3,(H,30,31). The molecule has 0 amide bonds. The van der Waals surface area contributed by atoms with Gasteiger partial charge in [-0.3, -0.25) is 0 Å². The van der Waals surface area contributed by atoms with Crippen molar-refractivity contribution in [3.63, 3.8) is 0 Å². The largest absolute Gasteiger partial charge is 0.478 e. The van der Waals surface area contributed by atoms with Crippen LogP contribution in [0.2, 0.25) is 0 Å². The molecule has 1 atom stereocenters. The van der Waals surface area contributed by atoms with E-state index in [4.69, 9.17) is 0 Å². The maximum Gasteiger partial charge on any atom is 0.335 e. The van der Waals surface area contributed by atoms with Crippen LogP contribution in [0.4, 0.5) is 0 Å². The summed E-state index contributed by atoms with van der Waals surface area (Å²) in [5.41, 5.74) is 10.4. The molecule has 162 valence electrons. The van der Waals surface area contributed by atoms with Gasteiger partial charge in [0.15, 0.2) is 0 Å². The highest BCUT2D eigenvalue weighted by Crippen LogP contribution is 2.60. The Kier molecular flexibility index (Phi) is 5.04. The molecule has 2 nitrogen and oxygen atoms in total. The minimum absolute atomic E-state index is 0.172. The number of aryl methyl sites for hydroxylation is 1. The van der Waals surface area contributed by atoms with E-state index in [0.29, 0.717) is 11.0 Å². The van der Waals surface area contributed by atoms with Gasteiger partial charge in [0.05, 0.1) is 5.56 Å². The molecule has 2 aromatic rings. The second-order valence-electron chi connectivity index (χ2n) is 10.5. The molecular weight excluding hydrogens is 380 g/mol. The Morgan fingerprint density at radius 2 is 1.65 bits per heavy atom. The molecule has 0 radical (unpaired) electrons. The Morgan fingerprint density at radius 3 is 2.19 bits per heavy atom.